The van der Waals surface area contributed by atoms with E-state index in [1.165, 1.54) is 5.06 Å². The zero-order chi connectivity index (χ0) is 11.9. The van der Waals surface area contributed by atoms with E-state index in [4.69, 9.17) is 9.94 Å². The van der Waals surface area contributed by atoms with Crippen LogP contribution < -0.4 is 0 Å². The number of nitrogens with zero attached hydrogens (tertiary/aromatic N) is 1. The topological polar surface area (TPSA) is 49.8 Å². The molecule has 1 rings (SSSR count). The average molecular weight is 219 g/mol. The van der Waals surface area contributed by atoms with Crippen molar-refractivity contribution in [1.82, 2.24) is 5.06 Å². The standard InChI is InChI=1S/C10H18FNO3/c1-9(2)5-7(8(13)14)10(3,4)12(9)15-6-11/h7H,5-6H2,1-4H3,(H,13,14). The van der Waals surface area contributed by atoms with E-state index in [2.05, 4.69) is 0 Å². The van der Waals surface area contributed by atoms with Gasteiger partial charge in [0.1, 0.15) is 0 Å². The largest absolute Gasteiger partial charge is 0.481 e. The molecule has 0 bridgehead atoms. The number of carbonyl (C=O) groups is 1. The lowest BCUT2D eigenvalue weighted by Gasteiger charge is -2.38. The van der Waals surface area contributed by atoms with Crippen molar-refractivity contribution in [3.63, 3.8) is 0 Å². The van der Waals surface area contributed by atoms with Crippen LogP contribution in [0.1, 0.15) is 34.1 Å². The van der Waals surface area contributed by atoms with Gasteiger partial charge in [-0.05, 0) is 34.1 Å². The van der Waals surface area contributed by atoms with E-state index >= 15 is 0 Å². The monoisotopic (exact) mass is 219 g/mol. The number of hydroxylamine groups is 2. The first kappa shape index (κ1) is 12.4. The summed E-state index contributed by atoms with van der Waals surface area (Å²) in [7, 11) is 0. The van der Waals surface area contributed by atoms with E-state index < -0.39 is 29.8 Å². The Hall–Kier alpha value is -0.680. The van der Waals surface area contributed by atoms with Crippen LogP contribution in [0.4, 0.5) is 4.39 Å². The first-order chi connectivity index (χ1) is 6.73. The SMILES string of the molecule is CC1(C)CC(C(=O)O)C(C)(C)N1OCF. The maximum atomic E-state index is 12.2. The normalized spacial score (nSPS) is 29.3. The third kappa shape index (κ3) is 1.99. The van der Waals surface area contributed by atoms with E-state index in [1.54, 1.807) is 13.8 Å². The summed E-state index contributed by atoms with van der Waals surface area (Å²) in [6, 6.07) is 0. The zero-order valence-electron chi connectivity index (χ0n) is 9.58. The molecule has 0 aromatic rings. The van der Waals surface area contributed by atoms with E-state index in [0.717, 1.165) is 0 Å². The van der Waals surface area contributed by atoms with Crippen molar-refractivity contribution in [3.05, 3.63) is 0 Å². The molecule has 0 spiro atoms. The number of carboxylic acid groups (broad SMARTS) is 1. The van der Waals surface area contributed by atoms with Crippen LogP contribution in [-0.4, -0.2) is 34.1 Å². The Morgan fingerprint density at radius 3 is 2.40 bits per heavy atom. The molecular formula is C10H18FNO3. The van der Waals surface area contributed by atoms with Gasteiger partial charge in [-0.25, -0.2) is 4.39 Å². The minimum atomic E-state index is -0.931. The summed E-state index contributed by atoms with van der Waals surface area (Å²) < 4.78 is 12.2. The summed E-state index contributed by atoms with van der Waals surface area (Å²) in [5.41, 5.74) is -1.15. The van der Waals surface area contributed by atoms with Gasteiger partial charge in [0.2, 0.25) is 6.86 Å². The number of carboxylic acids is 1. The summed E-state index contributed by atoms with van der Waals surface area (Å²) >= 11 is 0. The van der Waals surface area contributed by atoms with E-state index in [0.29, 0.717) is 6.42 Å². The molecule has 0 aromatic carbocycles. The quantitative estimate of drug-likeness (QED) is 0.786. The second kappa shape index (κ2) is 3.72. The number of halogens is 1. The van der Waals surface area contributed by atoms with Crippen LogP contribution in [0.3, 0.4) is 0 Å². The highest BCUT2D eigenvalue weighted by Gasteiger charge is 2.55. The zero-order valence-corrected chi connectivity index (χ0v) is 9.58. The molecule has 0 radical (unpaired) electrons. The number of alkyl halides is 1. The van der Waals surface area contributed by atoms with E-state index in [-0.39, 0.29) is 0 Å². The summed E-state index contributed by atoms with van der Waals surface area (Å²) in [4.78, 5) is 16.0. The fraction of sp³-hybridized carbons (Fsp3) is 0.900. The van der Waals surface area contributed by atoms with Crippen LogP contribution >= 0.6 is 0 Å². The number of hydrogen-bond donors (Lipinski definition) is 1. The first-order valence-corrected chi connectivity index (χ1v) is 4.95. The molecule has 1 atom stereocenters. The van der Waals surface area contributed by atoms with Crippen molar-refractivity contribution < 1.29 is 19.1 Å². The summed E-state index contributed by atoms with van der Waals surface area (Å²) in [5.74, 6) is -1.41. The van der Waals surface area contributed by atoms with Gasteiger partial charge in [-0.2, -0.15) is 5.06 Å². The summed E-state index contributed by atoms with van der Waals surface area (Å²) in [6.07, 6.45) is 0.454. The van der Waals surface area contributed by atoms with Crippen molar-refractivity contribution in [2.75, 3.05) is 6.86 Å². The molecule has 1 N–H and O–H groups in total. The van der Waals surface area contributed by atoms with Crippen LogP contribution in [0.25, 0.3) is 0 Å². The lowest BCUT2D eigenvalue weighted by atomic mass is 9.87. The van der Waals surface area contributed by atoms with Gasteiger partial charge in [-0.3, -0.25) is 9.63 Å². The van der Waals surface area contributed by atoms with Crippen molar-refractivity contribution in [3.8, 4) is 0 Å². The van der Waals surface area contributed by atoms with Gasteiger partial charge < -0.3 is 5.11 Å². The molecule has 4 nitrogen and oxygen atoms in total. The highest BCUT2D eigenvalue weighted by molar-refractivity contribution is 5.72. The number of aliphatic carboxylic acids is 1. The molecule has 0 amide bonds. The Morgan fingerprint density at radius 2 is 2.07 bits per heavy atom. The van der Waals surface area contributed by atoms with Gasteiger partial charge in [0, 0.05) is 5.54 Å². The lowest BCUT2D eigenvalue weighted by Crippen LogP contribution is -2.50. The molecule has 0 saturated carbocycles. The van der Waals surface area contributed by atoms with Gasteiger partial charge in [-0.15, -0.1) is 0 Å². The van der Waals surface area contributed by atoms with Crippen molar-refractivity contribution in [2.24, 2.45) is 5.92 Å². The van der Waals surface area contributed by atoms with Gasteiger partial charge in [0.05, 0.1) is 11.5 Å². The lowest BCUT2D eigenvalue weighted by molar-refractivity contribution is -0.263. The highest BCUT2D eigenvalue weighted by atomic mass is 19.1. The first-order valence-electron chi connectivity index (χ1n) is 4.95. The van der Waals surface area contributed by atoms with Crippen LogP contribution in [0.5, 0.6) is 0 Å². The third-order valence-electron chi connectivity index (χ3n) is 3.11. The van der Waals surface area contributed by atoms with Gasteiger partial charge >= 0.3 is 5.97 Å². The Morgan fingerprint density at radius 1 is 1.53 bits per heavy atom. The molecule has 1 aliphatic rings. The highest BCUT2D eigenvalue weighted by Crippen LogP contribution is 2.45. The maximum absolute atomic E-state index is 12.2. The van der Waals surface area contributed by atoms with E-state index in [9.17, 15) is 9.18 Å². The molecule has 15 heavy (non-hydrogen) atoms. The predicted octanol–water partition coefficient (Wildman–Crippen LogP) is 1.81. The molecule has 1 unspecified atom stereocenters. The van der Waals surface area contributed by atoms with Crippen LogP contribution in [-0.2, 0) is 9.63 Å². The molecule has 1 saturated heterocycles. The Labute approximate surface area is 89.0 Å². The smallest absolute Gasteiger partial charge is 0.308 e. The minimum absolute atomic E-state index is 0.454. The number of rotatable bonds is 3. The Bertz CT molecular complexity index is 265. The summed E-state index contributed by atoms with van der Waals surface area (Å²) in [5, 5.41) is 10.6. The maximum Gasteiger partial charge on any atom is 0.308 e. The molecular weight excluding hydrogens is 201 g/mol. The molecule has 1 fully saturated rings. The Kier molecular flexibility index (Phi) is 3.07. The van der Waals surface area contributed by atoms with Crippen molar-refractivity contribution in [2.45, 2.75) is 45.2 Å². The minimum Gasteiger partial charge on any atom is -0.481 e. The second-order valence-electron chi connectivity index (χ2n) is 5.09. The fourth-order valence-electron chi connectivity index (χ4n) is 2.53. The number of hydrogen-bond acceptors (Lipinski definition) is 3. The van der Waals surface area contributed by atoms with Crippen molar-refractivity contribution >= 4 is 5.97 Å². The fourth-order valence-corrected chi connectivity index (χ4v) is 2.53. The van der Waals surface area contributed by atoms with Gasteiger partial charge in [-0.1, -0.05) is 0 Å². The van der Waals surface area contributed by atoms with Crippen molar-refractivity contribution in [1.29, 1.82) is 0 Å². The van der Waals surface area contributed by atoms with Crippen LogP contribution in [0.2, 0.25) is 0 Å². The molecule has 0 aliphatic carbocycles. The predicted molar refractivity (Wildman–Crippen MR) is 52.8 cm³/mol. The molecule has 1 aliphatic heterocycles. The van der Waals surface area contributed by atoms with Gasteiger partial charge in [0.15, 0.2) is 0 Å². The third-order valence-corrected chi connectivity index (χ3v) is 3.11. The van der Waals surface area contributed by atoms with Crippen LogP contribution in [0.15, 0.2) is 0 Å². The Balaban J connectivity index is 3.00. The average Bonchev–Trinajstić information content (AvgIpc) is 2.25. The van der Waals surface area contributed by atoms with Gasteiger partial charge in [0.25, 0.3) is 0 Å². The van der Waals surface area contributed by atoms with E-state index in [1.807, 2.05) is 13.8 Å². The van der Waals surface area contributed by atoms with Crippen LogP contribution in [0, 0.1) is 5.92 Å². The molecule has 0 aromatic heterocycles. The molecule has 1 heterocycles. The molecule has 88 valence electrons. The molecule has 5 heteroatoms. The second-order valence-corrected chi connectivity index (χ2v) is 5.09. The summed E-state index contributed by atoms with van der Waals surface area (Å²) in [6.45, 7) is 6.30.